The highest BCUT2D eigenvalue weighted by molar-refractivity contribution is 6.10. The molecular formula is C26H34N6O3. The van der Waals surface area contributed by atoms with Crippen LogP contribution in [0.15, 0.2) is 47.5 Å². The van der Waals surface area contributed by atoms with Crippen LogP contribution >= 0.6 is 0 Å². The van der Waals surface area contributed by atoms with Gasteiger partial charge in [-0.3, -0.25) is 14.8 Å². The summed E-state index contributed by atoms with van der Waals surface area (Å²) >= 11 is 0. The van der Waals surface area contributed by atoms with E-state index in [1.54, 1.807) is 32.4 Å². The number of guanidine groups is 1. The fourth-order valence-corrected chi connectivity index (χ4v) is 3.69. The van der Waals surface area contributed by atoms with E-state index in [1.807, 2.05) is 61.8 Å². The molecule has 3 aromatic rings. The number of hydrogen-bond donors (Lipinski definition) is 2. The molecule has 0 radical (unpaired) electrons. The fourth-order valence-electron chi connectivity index (χ4n) is 3.69. The van der Waals surface area contributed by atoms with E-state index in [-0.39, 0.29) is 5.91 Å². The molecule has 0 unspecified atom stereocenters. The van der Waals surface area contributed by atoms with E-state index in [0.717, 1.165) is 29.2 Å². The van der Waals surface area contributed by atoms with Gasteiger partial charge in [-0.15, -0.1) is 0 Å². The third-order valence-electron chi connectivity index (χ3n) is 5.73. The Kier molecular flexibility index (Phi) is 8.35. The lowest BCUT2D eigenvalue weighted by atomic mass is 10.2. The van der Waals surface area contributed by atoms with Gasteiger partial charge in [-0.25, -0.2) is 4.99 Å². The molecule has 186 valence electrons. The van der Waals surface area contributed by atoms with Crippen LogP contribution < -0.4 is 25.0 Å². The van der Waals surface area contributed by atoms with Crippen molar-refractivity contribution in [2.45, 2.75) is 33.9 Å². The van der Waals surface area contributed by atoms with Gasteiger partial charge in [-0.2, -0.15) is 5.10 Å². The normalized spacial score (nSPS) is 11.2. The summed E-state index contributed by atoms with van der Waals surface area (Å²) in [5.74, 6) is 1.23. The molecule has 1 aromatic heterocycles. The molecule has 3 rings (SSSR count). The number of nitrogens with zero attached hydrogens (tertiary/aromatic N) is 4. The van der Waals surface area contributed by atoms with Crippen LogP contribution in [-0.2, 0) is 13.1 Å². The Balaban J connectivity index is 1.92. The lowest BCUT2D eigenvalue weighted by molar-refractivity contribution is 0.0977. The number of aryl methyl sites for hydroxylation is 2. The molecule has 0 aliphatic carbocycles. The molecule has 0 aliphatic heterocycles. The second-order valence-corrected chi connectivity index (χ2v) is 8.22. The van der Waals surface area contributed by atoms with Crippen LogP contribution in [0.2, 0.25) is 0 Å². The molecule has 9 nitrogen and oxygen atoms in total. The maximum Gasteiger partial charge on any atom is 0.258 e. The van der Waals surface area contributed by atoms with E-state index in [2.05, 4.69) is 22.7 Å². The highest BCUT2D eigenvalue weighted by atomic mass is 16.5. The number of benzene rings is 2. The number of methoxy groups -OCH3 is 2. The van der Waals surface area contributed by atoms with E-state index >= 15 is 0 Å². The number of carbonyl (C=O) groups is 1. The standard InChI is InChI=1S/C26H34N6O3/c1-8-32-18(3)22(17(2)30-32)16-27-26(28-20-12-13-23(34-6)24(15-20)35-7)29-25(33)19-10-9-11-21(14-19)31(4)5/h9-15H,8,16H2,1-7H3,(H2,27,28,29,33). The molecule has 2 aromatic carbocycles. The van der Waals surface area contributed by atoms with Gasteiger partial charge in [-0.05, 0) is 51.1 Å². The molecule has 0 saturated carbocycles. The van der Waals surface area contributed by atoms with Crippen molar-refractivity contribution in [2.75, 3.05) is 38.5 Å². The minimum absolute atomic E-state index is 0.266. The summed E-state index contributed by atoms with van der Waals surface area (Å²) in [6.45, 7) is 7.20. The van der Waals surface area contributed by atoms with Crippen LogP contribution in [0.3, 0.4) is 0 Å². The van der Waals surface area contributed by atoms with Crippen molar-refractivity contribution in [1.29, 1.82) is 0 Å². The molecule has 0 saturated heterocycles. The van der Waals surface area contributed by atoms with Crippen molar-refractivity contribution in [2.24, 2.45) is 4.99 Å². The Morgan fingerprint density at radius 2 is 1.83 bits per heavy atom. The third-order valence-corrected chi connectivity index (χ3v) is 5.73. The smallest absolute Gasteiger partial charge is 0.258 e. The number of hydrogen-bond acceptors (Lipinski definition) is 6. The fraction of sp³-hybridized carbons (Fsp3) is 0.346. The molecule has 9 heteroatoms. The van der Waals surface area contributed by atoms with E-state index in [0.29, 0.717) is 35.3 Å². The van der Waals surface area contributed by atoms with Crippen molar-refractivity contribution in [3.63, 3.8) is 0 Å². The minimum atomic E-state index is -0.266. The van der Waals surface area contributed by atoms with Crippen LogP contribution in [0.1, 0.15) is 34.2 Å². The lowest BCUT2D eigenvalue weighted by Gasteiger charge is -2.16. The van der Waals surface area contributed by atoms with Crippen molar-refractivity contribution in [3.8, 4) is 11.5 Å². The summed E-state index contributed by atoms with van der Waals surface area (Å²) in [5, 5.41) is 10.7. The van der Waals surface area contributed by atoms with Crippen molar-refractivity contribution in [3.05, 3.63) is 65.0 Å². The van der Waals surface area contributed by atoms with Gasteiger partial charge >= 0.3 is 0 Å². The Morgan fingerprint density at radius 1 is 1.09 bits per heavy atom. The molecular weight excluding hydrogens is 444 g/mol. The van der Waals surface area contributed by atoms with Gasteiger partial charge in [0.2, 0.25) is 5.96 Å². The van der Waals surface area contributed by atoms with Crippen LogP contribution in [0.5, 0.6) is 11.5 Å². The van der Waals surface area contributed by atoms with Gasteiger partial charge < -0.3 is 19.7 Å². The molecule has 35 heavy (non-hydrogen) atoms. The molecule has 0 fully saturated rings. The summed E-state index contributed by atoms with van der Waals surface area (Å²) in [6, 6.07) is 12.8. The maximum atomic E-state index is 13.1. The van der Waals surface area contributed by atoms with Gasteiger partial charge in [0.15, 0.2) is 11.5 Å². The Morgan fingerprint density at radius 3 is 2.46 bits per heavy atom. The SMILES string of the molecule is CCn1nc(C)c(CN=C(NC(=O)c2cccc(N(C)C)c2)Nc2ccc(OC)c(OC)c2)c1C. The van der Waals surface area contributed by atoms with Crippen LogP contribution in [0, 0.1) is 13.8 Å². The molecule has 0 aliphatic rings. The van der Waals surface area contributed by atoms with Gasteiger partial charge in [0.1, 0.15) is 0 Å². The van der Waals surface area contributed by atoms with Gasteiger partial charge in [0.05, 0.1) is 26.5 Å². The maximum absolute atomic E-state index is 13.1. The topological polar surface area (TPSA) is 93.0 Å². The molecule has 1 heterocycles. The van der Waals surface area contributed by atoms with Crippen LogP contribution in [0.4, 0.5) is 11.4 Å². The highest BCUT2D eigenvalue weighted by Gasteiger charge is 2.14. The quantitative estimate of drug-likeness (QED) is 0.376. The van der Waals surface area contributed by atoms with Crippen LogP contribution in [-0.4, -0.2) is 50.0 Å². The van der Waals surface area contributed by atoms with E-state index in [9.17, 15) is 4.79 Å². The summed E-state index contributed by atoms with van der Waals surface area (Å²) in [6.07, 6.45) is 0. The van der Waals surface area contributed by atoms with Gasteiger partial charge in [0.25, 0.3) is 5.91 Å². The summed E-state index contributed by atoms with van der Waals surface area (Å²) in [4.78, 5) is 19.8. The third kappa shape index (κ3) is 6.11. The van der Waals surface area contributed by atoms with E-state index in [1.165, 1.54) is 0 Å². The molecule has 0 bridgehead atoms. The second kappa shape index (κ2) is 11.4. The predicted molar refractivity (Wildman–Crippen MR) is 140 cm³/mol. The van der Waals surface area contributed by atoms with E-state index < -0.39 is 0 Å². The number of rotatable bonds is 8. The number of anilines is 2. The number of aliphatic imine (C=N–C) groups is 1. The average Bonchev–Trinajstić information content (AvgIpc) is 3.14. The summed E-state index contributed by atoms with van der Waals surface area (Å²) < 4.78 is 12.7. The van der Waals surface area contributed by atoms with Crippen molar-refractivity contribution in [1.82, 2.24) is 15.1 Å². The Labute approximate surface area is 206 Å². The zero-order chi connectivity index (χ0) is 25.5. The highest BCUT2D eigenvalue weighted by Crippen LogP contribution is 2.29. The predicted octanol–water partition coefficient (Wildman–Crippen LogP) is 4.00. The number of carbonyl (C=O) groups excluding carboxylic acids is 1. The second-order valence-electron chi connectivity index (χ2n) is 8.22. The van der Waals surface area contributed by atoms with Crippen molar-refractivity contribution < 1.29 is 14.3 Å². The first-order valence-corrected chi connectivity index (χ1v) is 11.4. The summed E-state index contributed by atoms with van der Waals surface area (Å²) in [7, 11) is 7.03. The Bertz CT molecular complexity index is 1220. The zero-order valence-corrected chi connectivity index (χ0v) is 21.5. The largest absolute Gasteiger partial charge is 0.493 e. The van der Waals surface area contributed by atoms with Gasteiger partial charge in [-0.1, -0.05) is 6.07 Å². The van der Waals surface area contributed by atoms with Crippen LogP contribution in [0.25, 0.3) is 0 Å². The molecule has 0 spiro atoms. The average molecular weight is 479 g/mol. The molecule has 1 amide bonds. The number of amides is 1. The van der Waals surface area contributed by atoms with E-state index in [4.69, 9.17) is 14.5 Å². The monoisotopic (exact) mass is 478 g/mol. The zero-order valence-electron chi connectivity index (χ0n) is 21.5. The first-order valence-electron chi connectivity index (χ1n) is 11.4. The van der Waals surface area contributed by atoms with Gasteiger partial charge in [0, 0.05) is 54.9 Å². The Hall–Kier alpha value is -4.01. The molecule has 2 N–H and O–H groups in total. The summed E-state index contributed by atoms with van der Waals surface area (Å²) in [5.41, 5.74) is 5.17. The number of ether oxygens (including phenoxy) is 2. The molecule has 0 atom stereocenters. The minimum Gasteiger partial charge on any atom is -0.493 e. The number of nitrogens with one attached hydrogen (secondary N) is 2. The van der Waals surface area contributed by atoms with Crippen molar-refractivity contribution >= 4 is 23.2 Å². The lowest BCUT2D eigenvalue weighted by Crippen LogP contribution is -2.36. The number of aromatic nitrogens is 2. The first-order chi connectivity index (χ1) is 16.8. The first kappa shape index (κ1) is 25.6.